The van der Waals surface area contributed by atoms with E-state index in [0.717, 1.165) is 16.6 Å². The van der Waals surface area contributed by atoms with Crippen molar-refractivity contribution in [2.45, 2.75) is 0 Å². The van der Waals surface area contributed by atoms with E-state index >= 15 is 0 Å². The van der Waals surface area contributed by atoms with E-state index in [-0.39, 0.29) is 0 Å². The number of hydrogen-bond donors (Lipinski definition) is 0. The van der Waals surface area contributed by atoms with E-state index in [0.29, 0.717) is 5.15 Å². The number of halogens is 1. The fraction of sp³-hybridized carbons (Fsp3) is 0. The van der Waals surface area contributed by atoms with Gasteiger partial charge in [-0.25, -0.2) is 19.6 Å². The lowest BCUT2D eigenvalue weighted by atomic mass is 10.2. The molecule has 0 N–H and O–H groups in total. The highest BCUT2D eigenvalue weighted by Gasteiger charge is 2.03. The van der Waals surface area contributed by atoms with E-state index in [9.17, 15) is 0 Å². The zero-order valence-electron chi connectivity index (χ0n) is 8.08. The second-order valence-electron chi connectivity index (χ2n) is 3.21. The van der Waals surface area contributed by atoms with E-state index in [1.54, 1.807) is 11.0 Å². The highest BCUT2D eigenvalue weighted by Crippen LogP contribution is 2.21. The lowest BCUT2D eigenvalue weighted by Gasteiger charge is -2.03. The highest BCUT2D eigenvalue weighted by molar-refractivity contribution is 6.34. The second kappa shape index (κ2) is 3.53. The third kappa shape index (κ3) is 1.42. The maximum atomic E-state index is 5.99. The summed E-state index contributed by atoms with van der Waals surface area (Å²) in [4.78, 5) is 12.0. The van der Waals surface area contributed by atoms with Gasteiger partial charge in [-0.15, -0.1) is 0 Å². The predicted molar refractivity (Wildman–Crippen MR) is 59.5 cm³/mol. The van der Waals surface area contributed by atoms with Crippen LogP contribution in [0.25, 0.3) is 16.6 Å². The van der Waals surface area contributed by atoms with E-state index < -0.39 is 0 Å². The molecule has 5 nitrogen and oxygen atoms in total. The number of fused-ring (bicyclic) bond motifs is 1. The molecule has 2 heterocycles. The molecule has 0 amide bonds. The van der Waals surface area contributed by atoms with E-state index in [1.165, 1.54) is 12.7 Å². The largest absolute Gasteiger partial charge is 0.236 e. The number of aromatic nitrogens is 5. The molecule has 6 heteroatoms. The number of hydrogen-bond acceptors (Lipinski definition) is 4. The van der Waals surface area contributed by atoms with Gasteiger partial charge in [0, 0.05) is 5.39 Å². The van der Waals surface area contributed by atoms with Crippen LogP contribution in [-0.4, -0.2) is 24.7 Å². The first-order valence-corrected chi connectivity index (χ1v) is 4.97. The Balaban J connectivity index is 2.27. The zero-order valence-corrected chi connectivity index (χ0v) is 8.83. The monoisotopic (exact) mass is 231 g/mol. The number of benzene rings is 1. The summed E-state index contributed by atoms with van der Waals surface area (Å²) >= 11 is 5.99. The van der Waals surface area contributed by atoms with Gasteiger partial charge in [-0.3, -0.25) is 0 Å². The average molecular weight is 232 g/mol. The smallest absolute Gasteiger partial charge is 0.140 e. The molecule has 0 aliphatic heterocycles. The maximum absolute atomic E-state index is 5.99. The molecule has 16 heavy (non-hydrogen) atoms. The molecule has 0 atom stereocenters. The maximum Gasteiger partial charge on any atom is 0.140 e. The Morgan fingerprint density at radius 1 is 1.12 bits per heavy atom. The van der Waals surface area contributed by atoms with Crippen molar-refractivity contribution in [3.8, 4) is 5.69 Å². The van der Waals surface area contributed by atoms with Crippen LogP contribution in [0, 0.1) is 0 Å². The average Bonchev–Trinajstić information content (AvgIpc) is 2.83. The molecule has 2 aromatic heterocycles. The fourth-order valence-electron chi connectivity index (χ4n) is 1.50. The first kappa shape index (κ1) is 9.23. The van der Waals surface area contributed by atoms with Crippen molar-refractivity contribution in [3.05, 3.63) is 42.3 Å². The summed E-state index contributed by atoms with van der Waals surface area (Å²) in [5.41, 5.74) is 1.69. The summed E-state index contributed by atoms with van der Waals surface area (Å²) in [6, 6.07) is 5.66. The molecular formula is C10H6ClN5. The van der Waals surface area contributed by atoms with Crippen LogP contribution < -0.4 is 0 Å². The van der Waals surface area contributed by atoms with Crippen molar-refractivity contribution in [1.29, 1.82) is 0 Å². The second-order valence-corrected chi connectivity index (χ2v) is 3.56. The Labute approximate surface area is 95.7 Å². The Hall–Kier alpha value is -2.01. The summed E-state index contributed by atoms with van der Waals surface area (Å²) in [7, 11) is 0. The van der Waals surface area contributed by atoms with Crippen LogP contribution in [0.2, 0.25) is 5.15 Å². The highest BCUT2D eigenvalue weighted by atomic mass is 35.5. The Kier molecular flexibility index (Phi) is 2.04. The van der Waals surface area contributed by atoms with Crippen LogP contribution in [0.4, 0.5) is 0 Å². The Morgan fingerprint density at radius 3 is 2.88 bits per heavy atom. The summed E-state index contributed by atoms with van der Waals surface area (Å²) in [6.45, 7) is 0. The zero-order chi connectivity index (χ0) is 11.0. The molecule has 0 fully saturated rings. The van der Waals surface area contributed by atoms with Gasteiger partial charge in [0.15, 0.2) is 0 Å². The number of rotatable bonds is 1. The van der Waals surface area contributed by atoms with Gasteiger partial charge in [0.1, 0.15) is 24.1 Å². The van der Waals surface area contributed by atoms with Crippen LogP contribution in [0.5, 0.6) is 0 Å². The van der Waals surface area contributed by atoms with E-state index in [1.807, 2.05) is 18.2 Å². The van der Waals surface area contributed by atoms with Crippen LogP contribution in [0.3, 0.4) is 0 Å². The quantitative estimate of drug-likeness (QED) is 0.600. The SMILES string of the molecule is Clc1ncnc2ccc(-n3cncn3)cc12. The minimum absolute atomic E-state index is 0.437. The topological polar surface area (TPSA) is 56.5 Å². The van der Waals surface area contributed by atoms with Crippen LogP contribution in [0.1, 0.15) is 0 Å². The fourth-order valence-corrected chi connectivity index (χ4v) is 1.69. The third-order valence-electron chi connectivity index (χ3n) is 2.25. The third-order valence-corrected chi connectivity index (χ3v) is 2.55. The molecule has 0 aliphatic rings. The molecule has 0 aliphatic carbocycles. The number of nitrogens with zero attached hydrogens (tertiary/aromatic N) is 5. The van der Waals surface area contributed by atoms with E-state index in [4.69, 9.17) is 11.6 Å². The van der Waals surface area contributed by atoms with Crippen molar-refractivity contribution in [3.63, 3.8) is 0 Å². The van der Waals surface area contributed by atoms with Crippen molar-refractivity contribution in [2.75, 3.05) is 0 Å². The van der Waals surface area contributed by atoms with Crippen molar-refractivity contribution in [2.24, 2.45) is 0 Å². The molecule has 1 aromatic carbocycles. The van der Waals surface area contributed by atoms with Crippen LogP contribution >= 0.6 is 11.6 Å². The van der Waals surface area contributed by atoms with E-state index in [2.05, 4.69) is 20.1 Å². The Bertz CT molecular complexity index is 635. The van der Waals surface area contributed by atoms with Crippen LogP contribution in [-0.2, 0) is 0 Å². The summed E-state index contributed by atoms with van der Waals surface area (Å²) in [6.07, 6.45) is 4.55. The first-order chi connectivity index (χ1) is 7.84. The lowest BCUT2D eigenvalue weighted by molar-refractivity contribution is 0.880. The van der Waals surface area contributed by atoms with Gasteiger partial charge in [-0.05, 0) is 18.2 Å². The molecule has 0 unspecified atom stereocenters. The molecule has 0 saturated heterocycles. The summed E-state index contributed by atoms with van der Waals surface area (Å²) in [5, 5.41) is 5.28. The van der Waals surface area contributed by atoms with Gasteiger partial charge in [0.05, 0.1) is 11.2 Å². The molecule has 3 rings (SSSR count). The lowest BCUT2D eigenvalue weighted by Crippen LogP contribution is -1.94. The van der Waals surface area contributed by atoms with Gasteiger partial charge in [-0.2, -0.15) is 5.10 Å². The molecule has 0 radical (unpaired) electrons. The van der Waals surface area contributed by atoms with Crippen molar-refractivity contribution < 1.29 is 0 Å². The minimum atomic E-state index is 0.437. The molecule has 0 saturated carbocycles. The Morgan fingerprint density at radius 2 is 2.06 bits per heavy atom. The molecule has 78 valence electrons. The van der Waals surface area contributed by atoms with Crippen molar-refractivity contribution in [1.82, 2.24) is 24.7 Å². The van der Waals surface area contributed by atoms with Crippen molar-refractivity contribution >= 4 is 22.5 Å². The van der Waals surface area contributed by atoms with Gasteiger partial charge in [0.2, 0.25) is 0 Å². The molecular weight excluding hydrogens is 226 g/mol. The normalized spacial score (nSPS) is 10.8. The minimum Gasteiger partial charge on any atom is -0.236 e. The van der Waals surface area contributed by atoms with Gasteiger partial charge < -0.3 is 0 Å². The molecule has 3 aromatic rings. The first-order valence-electron chi connectivity index (χ1n) is 4.60. The molecule has 0 spiro atoms. The van der Waals surface area contributed by atoms with Gasteiger partial charge in [0.25, 0.3) is 0 Å². The summed E-state index contributed by atoms with van der Waals surface area (Å²) in [5.74, 6) is 0. The molecule has 0 bridgehead atoms. The summed E-state index contributed by atoms with van der Waals surface area (Å²) < 4.78 is 1.66. The standard InChI is InChI=1S/C10H6ClN5/c11-10-8-3-7(16-6-12-4-15-16)1-2-9(8)13-5-14-10/h1-6H. The van der Waals surface area contributed by atoms with Crippen LogP contribution in [0.15, 0.2) is 37.2 Å². The van der Waals surface area contributed by atoms with Gasteiger partial charge in [-0.1, -0.05) is 11.6 Å². The predicted octanol–water partition coefficient (Wildman–Crippen LogP) is 1.86. The van der Waals surface area contributed by atoms with Gasteiger partial charge >= 0.3 is 0 Å².